The number of amides is 2. The molecule has 1 aromatic carbocycles. The third kappa shape index (κ3) is 4.30. The quantitative estimate of drug-likeness (QED) is 0.446. The molecule has 3 aliphatic heterocycles. The summed E-state index contributed by atoms with van der Waals surface area (Å²) in [6.07, 6.45) is 2.44. The molecule has 0 unspecified atom stereocenters. The van der Waals surface area contributed by atoms with Crippen molar-refractivity contribution in [1.82, 2.24) is 20.3 Å². The van der Waals surface area contributed by atoms with Crippen molar-refractivity contribution >= 4 is 31.5 Å². The molecule has 3 N–H and O–H groups in total. The Labute approximate surface area is 217 Å². The van der Waals surface area contributed by atoms with Gasteiger partial charge in [-0.05, 0) is 37.7 Å². The van der Waals surface area contributed by atoms with Crippen molar-refractivity contribution in [1.29, 1.82) is 0 Å². The van der Waals surface area contributed by atoms with E-state index in [4.69, 9.17) is 9.84 Å². The number of hydrogen-bond acceptors (Lipinski definition) is 8. The molecule has 37 heavy (non-hydrogen) atoms. The van der Waals surface area contributed by atoms with E-state index >= 15 is 0 Å². The van der Waals surface area contributed by atoms with Gasteiger partial charge < -0.3 is 29.8 Å². The van der Waals surface area contributed by atoms with Crippen LogP contribution in [0.4, 0.5) is 11.4 Å². The van der Waals surface area contributed by atoms with Gasteiger partial charge >= 0.3 is 0 Å². The highest BCUT2D eigenvalue weighted by atomic mass is 28.4. The largest absolute Gasteiger partial charge is 0.432 e. The molecule has 3 aliphatic rings. The van der Waals surface area contributed by atoms with Gasteiger partial charge in [-0.3, -0.25) is 14.3 Å². The summed E-state index contributed by atoms with van der Waals surface area (Å²) in [4.78, 5) is 41.3. The Hall–Kier alpha value is -2.64. The number of fused-ring (bicyclic) bond motifs is 2. The summed E-state index contributed by atoms with van der Waals surface area (Å²) in [6, 6.07) is 5.71. The van der Waals surface area contributed by atoms with Gasteiger partial charge in [0.1, 0.15) is 0 Å². The Kier molecular flexibility index (Phi) is 6.73. The molecule has 11 nitrogen and oxygen atoms in total. The van der Waals surface area contributed by atoms with E-state index in [1.165, 1.54) is 0 Å². The third-order valence-electron chi connectivity index (χ3n) is 8.10. The number of hydrogen-bond donors (Lipinski definition) is 3. The average Bonchev–Trinajstić information content (AvgIpc) is 3.49. The molecule has 1 spiro atoms. The number of rotatable bonds is 7. The highest BCUT2D eigenvalue weighted by molar-refractivity contribution is 6.71. The number of ether oxygens (including phenoxy) is 1. The summed E-state index contributed by atoms with van der Waals surface area (Å²) in [5, 5.41) is 20.5. The molecular formula is C25H36N6O5Si. The van der Waals surface area contributed by atoms with Crippen LogP contribution in [0.3, 0.4) is 0 Å². The zero-order chi connectivity index (χ0) is 26.5. The molecule has 200 valence electrons. The van der Waals surface area contributed by atoms with Gasteiger partial charge in [0.15, 0.2) is 13.9 Å². The van der Waals surface area contributed by atoms with Crippen LogP contribution in [-0.2, 0) is 32.9 Å². The minimum Gasteiger partial charge on any atom is -0.432 e. The molecule has 5 rings (SSSR count). The highest BCUT2D eigenvalue weighted by Crippen LogP contribution is 2.59. The number of aromatic nitrogens is 3. The first-order valence-electron chi connectivity index (χ1n) is 12.9. The van der Waals surface area contributed by atoms with Gasteiger partial charge in [-0.2, -0.15) is 0 Å². The first-order chi connectivity index (χ1) is 17.6. The van der Waals surface area contributed by atoms with Crippen molar-refractivity contribution < 1.29 is 24.2 Å². The van der Waals surface area contributed by atoms with Crippen LogP contribution in [0, 0.1) is 5.92 Å². The molecule has 4 atom stereocenters. The van der Waals surface area contributed by atoms with Crippen molar-refractivity contribution in [3.05, 3.63) is 35.7 Å². The van der Waals surface area contributed by atoms with Crippen LogP contribution in [0.25, 0.3) is 0 Å². The SMILES string of the molecule is C[C@@H]1[C@@H]([Si](C)(C)O)[C@H](CCn2cc(CCO)nn2)O[C@@]12C(=O)N(C)c1ccc(N3CCNCC3=O)cc12. The Bertz CT molecular complexity index is 1200. The number of carbonyl (C=O) groups is 2. The Morgan fingerprint density at radius 1 is 1.30 bits per heavy atom. The summed E-state index contributed by atoms with van der Waals surface area (Å²) in [5.74, 6) is -0.420. The number of aliphatic hydroxyl groups is 1. The molecule has 0 radical (unpaired) electrons. The Balaban J connectivity index is 1.50. The van der Waals surface area contributed by atoms with Gasteiger partial charge in [0, 0.05) is 68.6 Å². The zero-order valence-corrected chi connectivity index (χ0v) is 22.8. The molecular weight excluding hydrogens is 492 g/mol. The fourth-order valence-electron chi connectivity index (χ4n) is 6.42. The van der Waals surface area contributed by atoms with E-state index in [2.05, 4.69) is 15.6 Å². The van der Waals surface area contributed by atoms with Crippen molar-refractivity contribution in [2.45, 2.75) is 56.7 Å². The lowest BCUT2D eigenvalue weighted by molar-refractivity contribution is -0.145. The van der Waals surface area contributed by atoms with E-state index in [0.29, 0.717) is 38.2 Å². The van der Waals surface area contributed by atoms with Crippen LogP contribution in [0.5, 0.6) is 0 Å². The van der Waals surface area contributed by atoms with Gasteiger partial charge in [-0.15, -0.1) is 5.10 Å². The number of piperazine rings is 1. The fourth-order valence-corrected chi connectivity index (χ4v) is 9.03. The summed E-state index contributed by atoms with van der Waals surface area (Å²) in [5.41, 5.74) is 1.57. The molecule has 2 aromatic rings. The highest BCUT2D eigenvalue weighted by Gasteiger charge is 2.65. The number of aliphatic hydroxyl groups excluding tert-OH is 1. The fraction of sp³-hybridized carbons (Fsp3) is 0.600. The molecule has 2 saturated heterocycles. The molecule has 4 heterocycles. The van der Waals surface area contributed by atoms with Gasteiger partial charge in [0.2, 0.25) is 5.91 Å². The summed E-state index contributed by atoms with van der Waals surface area (Å²) in [7, 11) is -1.01. The smallest absolute Gasteiger partial charge is 0.264 e. The monoisotopic (exact) mass is 528 g/mol. The zero-order valence-electron chi connectivity index (χ0n) is 21.8. The molecule has 2 fully saturated rings. The second-order valence-corrected chi connectivity index (χ2v) is 14.9. The van der Waals surface area contributed by atoms with Crippen LogP contribution in [0.15, 0.2) is 24.4 Å². The van der Waals surface area contributed by atoms with Crippen LogP contribution in [0.1, 0.15) is 24.6 Å². The molecule has 0 aliphatic carbocycles. The van der Waals surface area contributed by atoms with Crippen molar-refractivity contribution in [3.8, 4) is 0 Å². The number of anilines is 2. The number of nitrogens with one attached hydrogen (secondary N) is 1. The predicted molar refractivity (Wildman–Crippen MR) is 140 cm³/mol. The maximum Gasteiger partial charge on any atom is 0.264 e. The van der Waals surface area contributed by atoms with Crippen molar-refractivity contribution in [2.24, 2.45) is 5.92 Å². The minimum absolute atomic E-state index is 0.00735. The lowest BCUT2D eigenvalue weighted by Gasteiger charge is -2.33. The van der Waals surface area contributed by atoms with E-state index < -0.39 is 13.9 Å². The molecule has 12 heteroatoms. The van der Waals surface area contributed by atoms with Crippen LogP contribution < -0.4 is 15.1 Å². The summed E-state index contributed by atoms with van der Waals surface area (Å²) < 4.78 is 8.50. The average molecular weight is 529 g/mol. The maximum atomic E-state index is 13.9. The number of benzene rings is 1. The van der Waals surface area contributed by atoms with Crippen molar-refractivity contribution in [2.75, 3.05) is 43.1 Å². The Morgan fingerprint density at radius 2 is 2.08 bits per heavy atom. The van der Waals surface area contributed by atoms with Gasteiger partial charge in [0.25, 0.3) is 5.91 Å². The van der Waals surface area contributed by atoms with Gasteiger partial charge in [-0.1, -0.05) is 12.1 Å². The van der Waals surface area contributed by atoms with Gasteiger partial charge in [-0.25, -0.2) is 0 Å². The van der Waals surface area contributed by atoms with E-state index in [-0.39, 0.29) is 42.5 Å². The van der Waals surface area contributed by atoms with Crippen LogP contribution in [0.2, 0.25) is 18.6 Å². The standard InChI is InChI=1S/C25H36N6O5Si/c1-16-23(37(3,4)35)21(7-10-30-15-17(8-12-32)27-28-30)36-25(16)19-13-18(31-11-9-26-14-22(31)33)5-6-20(19)29(2)24(25)34/h5-6,13,15-16,21,23,26,32,35H,7-12,14H2,1-4H3/t16-,21+,23-,25+/m1/s1. The number of likely N-dealkylation sites (N-methyl/N-ethyl adjacent to an activating group) is 1. The molecule has 2 amide bonds. The van der Waals surface area contributed by atoms with Crippen LogP contribution >= 0.6 is 0 Å². The van der Waals surface area contributed by atoms with Crippen molar-refractivity contribution in [3.63, 3.8) is 0 Å². The van der Waals surface area contributed by atoms with E-state index in [9.17, 15) is 14.4 Å². The maximum absolute atomic E-state index is 13.9. The molecule has 0 saturated carbocycles. The predicted octanol–water partition coefficient (Wildman–Crippen LogP) is 0.614. The van der Waals surface area contributed by atoms with E-state index in [1.807, 2.05) is 44.4 Å². The third-order valence-corrected chi connectivity index (χ3v) is 10.6. The second kappa shape index (κ2) is 9.59. The lowest BCUT2D eigenvalue weighted by Crippen LogP contribution is -2.48. The summed E-state index contributed by atoms with van der Waals surface area (Å²) in [6.45, 7) is 7.88. The number of aryl methyl sites for hydroxylation is 1. The topological polar surface area (TPSA) is 133 Å². The lowest BCUT2D eigenvalue weighted by atomic mass is 9.82. The van der Waals surface area contributed by atoms with Gasteiger partial charge in [0.05, 0.1) is 24.0 Å². The van der Waals surface area contributed by atoms with Crippen LogP contribution in [-0.4, -0.2) is 84.4 Å². The number of nitrogens with zero attached hydrogens (tertiary/aromatic N) is 5. The first-order valence-corrected chi connectivity index (χ1v) is 15.9. The molecule has 0 bridgehead atoms. The van der Waals surface area contributed by atoms with E-state index in [1.54, 1.807) is 21.5 Å². The molecule has 1 aromatic heterocycles. The normalized spacial score (nSPS) is 28.0. The van der Waals surface area contributed by atoms with E-state index in [0.717, 1.165) is 16.9 Å². The minimum atomic E-state index is -2.77. The Morgan fingerprint density at radius 3 is 2.78 bits per heavy atom. The summed E-state index contributed by atoms with van der Waals surface area (Å²) >= 11 is 0. The first kappa shape index (κ1) is 26.0. The number of carbonyl (C=O) groups excluding carboxylic acids is 2. The second-order valence-electron chi connectivity index (χ2n) is 10.9.